The number of hydrogen-bond donors (Lipinski definition) is 1. The number of halogens is 1. The van der Waals surface area contributed by atoms with E-state index in [1.165, 1.54) is 24.4 Å². The van der Waals surface area contributed by atoms with Gasteiger partial charge >= 0.3 is 0 Å². The van der Waals surface area contributed by atoms with E-state index in [1.54, 1.807) is 36.0 Å². The molecule has 2 aromatic heterocycles. The number of pyridine rings is 1. The molecule has 0 radical (unpaired) electrons. The zero-order valence-electron chi connectivity index (χ0n) is 12.8. The molecule has 122 valence electrons. The van der Waals surface area contributed by atoms with Gasteiger partial charge in [0, 0.05) is 25.0 Å². The standard InChI is InChI=1S/C16H14FN5O2/c1-11-18-6-7-21(11)15-4-2-12(8-14(15)17)9-19-16-5-3-13(10-20-16)22(23)24/h2-8,10H,9H2,1H3,(H,19,20). The molecule has 3 aromatic rings. The number of imidazole rings is 1. The molecular weight excluding hydrogens is 313 g/mol. The average molecular weight is 327 g/mol. The van der Waals surface area contributed by atoms with Gasteiger partial charge in [-0.15, -0.1) is 0 Å². The smallest absolute Gasteiger partial charge is 0.287 e. The number of hydrogen-bond acceptors (Lipinski definition) is 5. The first-order chi connectivity index (χ1) is 11.5. The summed E-state index contributed by atoms with van der Waals surface area (Å²) in [6.07, 6.45) is 4.49. The molecule has 0 saturated heterocycles. The van der Waals surface area contributed by atoms with E-state index in [-0.39, 0.29) is 11.5 Å². The summed E-state index contributed by atoms with van der Waals surface area (Å²) >= 11 is 0. The Morgan fingerprint density at radius 3 is 2.71 bits per heavy atom. The minimum atomic E-state index is -0.511. The number of aromatic nitrogens is 3. The molecule has 1 aromatic carbocycles. The molecular formula is C16H14FN5O2. The van der Waals surface area contributed by atoms with Crippen LogP contribution in [0.15, 0.2) is 48.9 Å². The van der Waals surface area contributed by atoms with Crippen LogP contribution in [0.2, 0.25) is 0 Å². The van der Waals surface area contributed by atoms with Crippen LogP contribution in [0.4, 0.5) is 15.9 Å². The highest BCUT2D eigenvalue weighted by molar-refractivity contribution is 5.42. The lowest BCUT2D eigenvalue weighted by molar-refractivity contribution is -0.385. The topological polar surface area (TPSA) is 85.9 Å². The normalized spacial score (nSPS) is 10.6. The van der Waals surface area contributed by atoms with Gasteiger partial charge in [-0.3, -0.25) is 10.1 Å². The maximum absolute atomic E-state index is 14.3. The summed E-state index contributed by atoms with van der Waals surface area (Å²) in [4.78, 5) is 18.1. The van der Waals surface area contributed by atoms with Gasteiger partial charge in [-0.2, -0.15) is 0 Å². The first-order valence-corrected chi connectivity index (χ1v) is 7.17. The van der Waals surface area contributed by atoms with Crippen molar-refractivity contribution in [3.05, 3.63) is 76.2 Å². The van der Waals surface area contributed by atoms with E-state index in [0.717, 1.165) is 5.56 Å². The number of benzene rings is 1. The van der Waals surface area contributed by atoms with Crippen LogP contribution < -0.4 is 5.32 Å². The Hall–Kier alpha value is -3.29. The van der Waals surface area contributed by atoms with Crippen molar-refractivity contribution in [1.82, 2.24) is 14.5 Å². The van der Waals surface area contributed by atoms with Crippen molar-refractivity contribution < 1.29 is 9.31 Å². The Labute approximate surface area is 137 Å². The third kappa shape index (κ3) is 3.22. The number of nitrogens with one attached hydrogen (secondary N) is 1. The fourth-order valence-corrected chi connectivity index (χ4v) is 2.28. The summed E-state index contributed by atoms with van der Waals surface area (Å²) in [5.41, 5.74) is 1.09. The monoisotopic (exact) mass is 327 g/mol. The second-order valence-corrected chi connectivity index (χ2v) is 5.14. The van der Waals surface area contributed by atoms with Crippen molar-refractivity contribution >= 4 is 11.5 Å². The van der Waals surface area contributed by atoms with Crippen LogP contribution >= 0.6 is 0 Å². The van der Waals surface area contributed by atoms with Gasteiger partial charge in [0.25, 0.3) is 5.69 Å². The van der Waals surface area contributed by atoms with E-state index in [9.17, 15) is 14.5 Å². The van der Waals surface area contributed by atoms with Gasteiger partial charge in [0.05, 0.1) is 10.6 Å². The maximum Gasteiger partial charge on any atom is 0.287 e. The zero-order chi connectivity index (χ0) is 17.1. The lowest BCUT2D eigenvalue weighted by Gasteiger charge is -2.09. The molecule has 0 aliphatic heterocycles. The van der Waals surface area contributed by atoms with Crippen molar-refractivity contribution in [2.75, 3.05) is 5.32 Å². The zero-order valence-corrected chi connectivity index (χ0v) is 12.8. The quantitative estimate of drug-likeness (QED) is 0.574. The Balaban J connectivity index is 1.71. The molecule has 2 heterocycles. The SMILES string of the molecule is Cc1nccn1-c1ccc(CNc2ccc([N+](=O)[O-])cn2)cc1F. The van der Waals surface area contributed by atoms with E-state index in [4.69, 9.17) is 0 Å². The van der Waals surface area contributed by atoms with Crippen LogP contribution in [0, 0.1) is 22.9 Å². The lowest BCUT2D eigenvalue weighted by Crippen LogP contribution is -2.04. The molecule has 0 atom stereocenters. The Morgan fingerprint density at radius 1 is 1.29 bits per heavy atom. The number of anilines is 1. The summed E-state index contributed by atoms with van der Waals surface area (Å²) in [5, 5.41) is 13.6. The van der Waals surface area contributed by atoms with Crippen LogP contribution in [0.25, 0.3) is 5.69 Å². The molecule has 0 fully saturated rings. The van der Waals surface area contributed by atoms with Gasteiger partial charge in [0.15, 0.2) is 0 Å². The van der Waals surface area contributed by atoms with Crippen LogP contribution in [-0.4, -0.2) is 19.5 Å². The lowest BCUT2D eigenvalue weighted by atomic mass is 10.2. The maximum atomic E-state index is 14.3. The van der Waals surface area contributed by atoms with Gasteiger partial charge < -0.3 is 9.88 Å². The van der Waals surface area contributed by atoms with Crippen LogP contribution in [-0.2, 0) is 6.54 Å². The second-order valence-electron chi connectivity index (χ2n) is 5.14. The van der Waals surface area contributed by atoms with Gasteiger partial charge in [-0.1, -0.05) is 6.07 Å². The van der Waals surface area contributed by atoms with E-state index < -0.39 is 4.92 Å². The van der Waals surface area contributed by atoms with Gasteiger partial charge in [0.2, 0.25) is 0 Å². The van der Waals surface area contributed by atoms with Crippen LogP contribution in [0.3, 0.4) is 0 Å². The predicted molar refractivity (Wildman–Crippen MR) is 86.5 cm³/mol. The van der Waals surface area contributed by atoms with E-state index in [2.05, 4.69) is 15.3 Å². The minimum absolute atomic E-state index is 0.0772. The Morgan fingerprint density at radius 2 is 2.12 bits per heavy atom. The average Bonchev–Trinajstić information content (AvgIpc) is 2.99. The molecule has 24 heavy (non-hydrogen) atoms. The molecule has 0 spiro atoms. The summed E-state index contributed by atoms with van der Waals surface area (Å²) in [6.45, 7) is 2.15. The number of rotatable bonds is 5. The highest BCUT2D eigenvalue weighted by Crippen LogP contribution is 2.18. The van der Waals surface area contributed by atoms with Gasteiger partial charge in [0.1, 0.15) is 23.7 Å². The molecule has 0 bridgehead atoms. The Kier molecular flexibility index (Phi) is 4.19. The molecule has 0 saturated carbocycles. The van der Waals surface area contributed by atoms with Crippen molar-refractivity contribution in [1.29, 1.82) is 0 Å². The minimum Gasteiger partial charge on any atom is -0.366 e. The largest absolute Gasteiger partial charge is 0.366 e. The van der Waals surface area contributed by atoms with Crippen LogP contribution in [0.5, 0.6) is 0 Å². The number of nitro groups is 1. The van der Waals surface area contributed by atoms with Crippen molar-refractivity contribution in [2.45, 2.75) is 13.5 Å². The number of nitrogens with zero attached hydrogens (tertiary/aromatic N) is 4. The van der Waals surface area contributed by atoms with E-state index >= 15 is 0 Å². The fourth-order valence-electron chi connectivity index (χ4n) is 2.28. The molecule has 7 nitrogen and oxygen atoms in total. The molecule has 0 aliphatic rings. The summed E-state index contributed by atoms with van der Waals surface area (Å²) in [6, 6.07) is 7.80. The van der Waals surface area contributed by atoms with Gasteiger partial charge in [-0.05, 0) is 30.7 Å². The first kappa shape index (κ1) is 15.6. The summed E-state index contributed by atoms with van der Waals surface area (Å²) in [7, 11) is 0. The molecule has 0 amide bonds. The van der Waals surface area contributed by atoms with Gasteiger partial charge in [-0.25, -0.2) is 14.4 Å². The van der Waals surface area contributed by atoms with E-state index in [0.29, 0.717) is 23.9 Å². The third-order valence-electron chi connectivity index (χ3n) is 3.53. The fraction of sp³-hybridized carbons (Fsp3) is 0.125. The molecule has 0 aliphatic carbocycles. The second kappa shape index (κ2) is 6.45. The Bertz CT molecular complexity index is 876. The molecule has 3 rings (SSSR count). The number of aryl methyl sites for hydroxylation is 1. The third-order valence-corrected chi connectivity index (χ3v) is 3.53. The summed E-state index contributed by atoms with van der Waals surface area (Å²) in [5.74, 6) is 0.831. The molecule has 1 N–H and O–H groups in total. The predicted octanol–water partition coefficient (Wildman–Crippen LogP) is 3.24. The highest BCUT2D eigenvalue weighted by Gasteiger charge is 2.09. The first-order valence-electron chi connectivity index (χ1n) is 7.17. The van der Waals surface area contributed by atoms with Crippen molar-refractivity contribution in [2.24, 2.45) is 0 Å². The molecule has 8 heteroatoms. The summed E-state index contributed by atoms with van der Waals surface area (Å²) < 4.78 is 16.0. The van der Waals surface area contributed by atoms with Crippen LogP contribution in [0.1, 0.15) is 11.4 Å². The van der Waals surface area contributed by atoms with Crippen molar-refractivity contribution in [3.8, 4) is 5.69 Å². The van der Waals surface area contributed by atoms with Crippen molar-refractivity contribution in [3.63, 3.8) is 0 Å². The van der Waals surface area contributed by atoms with E-state index in [1.807, 2.05) is 0 Å². The highest BCUT2D eigenvalue weighted by atomic mass is 19.1. The molecule has 0 unspecified atom stereocenters.